The molecule has 146 valence electrons. The van der Waals surface area contributed by atoms with Crippen molar-refractivity contribution in [3.8, 4) is 0 Å². The van der Waals surface area contributed by atoms with E-state index in [-0.39, 0.29) is 17.9 Å². The second-order valence-corrected chi connectivity index (χ2v) is 7.43. The molecule has 1 aromatic heterocycles. The topological polar surface area (TPSA) is 53.5 Å². The number of aromatic nitrogens is 1. The van der Waals surface area contributed by atoms with E-state index in [9.17, 15) is 9.59 Å². The van der Waals surface area contributed by atoms with Crippen LogP contribution in [0.5, 0.6) is 0 Å². The average molecular weight is 398 g/mol. The average Bonchev–Trinajstić information content (AvgIpc) is 2.94. The first-order valence-electron chi connectivity index (χ1n) is 9.46. The molecule has 2 amide bonds. The largest absolute Gasteiger partial charge is 0.366 e. The first-order chi connectivity index (χ1) is 13.4. The lowest BCUT2D eigenvalue weighted by molar-refractivity contribution is -0.139. The Bertz CT molecular complexity index is 892. The summed E-state index contributed by atoms with van der Waals surface area (Å²) in [5.74, 6) is -0.485. The highest BCUT2D eigenvalue weighted by Crippen LogP contribution is 2.33. The van der Waals surface area contributed by atoms with Crippen LogP contribution in [-0.2, 0) is 16.0 Å². The van der Waals surface area contributed by atoms with Crippen molar-refractivity contribution in [3.05, 3.63) is 70.6 Å². The summed E-state index contributed by atoms with van der Waals surface area (Å²) in [6.45, 7) is 6.96. The first-order valence-corrected chi connectivity index (χ1v) is 9.83. The molecule has 0 bridgehead atoms. The van der Waals surface area contributed by atoms with Crippen molar-refractivity contribution < 1.29 is 9.59 Å². The van der Waals surface area contributed by atoms with E-state index in [2.05, 4.69) is 4.98 Å². The zero-order chi connectivity index (χ0) is 20.3. The SMILES string of the molecule is CCN(CCc1ccncc1)C1=C(c2ccc(Cl)cc2)C(=O)N(C(C)C)C1=O. The fraction of sp³-hybridized carbons (Fsp3) is 0.318. The smallest absolute Gasteiger partial charge is 0.278 e. The molecule has 1 aliphatic rings. The predicted octanol–water partition coefficient (Wildman–Crippen LogP) is 3.79. The summed E-state index contributed by atoms with van der Waals surface area (Å²) in [6, 6.07) is 10.8. The molecule has 0 saturated heterocycles. The first kappa shape index (κ1) is 20.1. The highest BCUT2D eigenvalue weighted by Gasteiger charge is 2.42. The normalized spacial score (nSPS) is 14.4. The Labute approximate surface area is 170 Å². The van der Waals surface area contributed by atoms with Gasteiger partial charge in [-0.05, 0) is 62.6 Å². The maximum Gasteiger partial charge on any atom is 0.278 e. The number of rotatable bonds is 7. The molecule has 0 N–H and O–H groups in total. The summed E-state index contributed by atoms with van der Waals surface area (Å²) in [5.41, 5.74) is 2.77. The summed E-state index contributed by atoms with van der Waals surface area (Å²) in [6.07, 6.45) is 4.28. The van der Waals surface area contributed by atoms with Gasteiger partial charge in [0, 0.05) is 36.5 Å². The number of hydrogen-bond acceptors (Lipinski definition) is 4. The third-order valence-corrected chi connectivity index (χ3v) is 5.11. The molecule has 6 heteroatoms. The van der Waals surface area contributed by atoms with E-state index in [4.69, 9.17) is 11.6 Å². The molecule has 0 unspecified atom stereocenters. The molecule has 1 aliphatic heterocycles. The van der Waals surface area contributed by atoms with Gasteiger partial charge < -0.3 is 4.90 Å². The summed E-state index contributed by atoms with van der Waals surface area (Å²) in [5, 5.41) is 0.591. The highest BCUT2D eigenvalue weighted by molar-refractivity contribution is 6.36. The second kappa shape index (κ2) is 8.57. The maximum absolute atomic E-state index is 13.2. The van der Waals surface area contributed by atoms with Crippen molar-refractivity contribution in [2.45, 2.75) is 33.2 Å². The molecule has 28 heavy (non-hydrogen) atoms. The molecular formula is C22H24ClN3O2. The monoisotopic (exact) mass is 397 g/mol. The molecular weight excluding hydrogens is 374 g/mol. The van der Waals surface area contributed by atoms with Gasteiger partial charge in [-0.2, -0.15) is 0 Å². The van der Waals surface area contributed by atoms with Gasteiger partial charge in [0.15, 0.2) is 0 Å². The molecule has 0 fully saturated rings. The predicted molar refractivity (Wildman–Crippen MR) is 111 cm³/mol. The summed E-state index contributed by atoms with van der Waals surface area (Å²) < 4.78 is 0. The minimum Gasteiger partial charge on any atom is -0.366 e. The third-order valence-electron chi connectivity index (χ3n) is 4.86. The molecule has 1 aromatic carbocycles. The van der Waals surface area contributed by atoms with Gasteiger partial charge in [-0.15, -0.1) is 0 Å². The molecule has 3 rings (SSSR count). The van der Waals surface area contributed by atoms with E-state index in [0.29, 0.717) is 34.9 Å². The number of likely N-dealkylation sites (N-methyl/N-ethyl adjacent to an activating group) is 1. The van der Waals surface area contributed by atoms with Crippen LogP contribution in [0.3, 0.4) is 0 Å². The van der Waals surface area contributed by atoms with Crippen LogP contribution in [0, 0.1) is 0 Å². The van der Waals surface area contributed by atoms with Crippen LogP contribution in [0.4, 0.5) is 0 Å². The van der Waals surface area contributed by atoms with Gasteiger partial charge >= 0.3 is 0 Å². The van der Waals surface area contributed by atoms with Crippen LogP contribution < -0.4 is 0 Å². The van der Waals surface area contributed by atoms with Crippen LogP contribution in [0.25, 0.3) is 5.57 Å². The van der Waals surface area contributed by atoms with E-state index < -0.39 is 0 Å². The van der Waals surface area contributed by atoms with E-state index >= 15 is 0 Å². The van der Waals surface area contributed by atoms with Gasteiger partial charge in [0.25, 0.3) is 11.8 Å². The molecule has 0 atom stereocenters. The minimum absolute atomic E-state index is 0.210. The molecule has 0 radical (unpaired) electrons. The Morgan fingerprint density at radius 1 is 1.04 bits per heavy atom. The number of halogens is 1. The van der Waals surface area contributed by atoms with Crippen LogP contribution >= 0.6 is 11.6 Å². The van der Waals surface area contributed by atoms with Gasteiger partial charge in [0.2, 0.25) is 0 Å². The standard InChI is InChI=1S/C22H24ClN3O2/c1-4-25(14-11-16-9-12-24-13-10-16)20-19(17-5-7-18(23)8-6-17)21(27)26(15(2)3)22(20)28/h5-10,12-13,15H,4,11,14H2,1-3H3. The quantitative estimate of drug-likeness (QED) is 0.667. The van der Waals surface area contributed by atoms with Crippen molar-refractivity contribution in [1.29, 1.82) is 0 Å². The van der Waals surface area contributed by atoms with E-state index in [1.165, 1.54) is 4.90 Å². The summed E-state index contributed by atoms with van der Waals surface area (Å²) in [7, 11) is 0. The number of imide groups is 1. The number of hydrogen-bond donors (Lipinski definition) is 0. The fourth-order valence-corrected chi connectivity index (χ4v) is 3.54. The van der Waals surface area contributed by atoms with Gasteiger partial charge in [-0.3, -0.25) is 19.5 Å². The molecule has 0 spiro atoms. The highest BCUT2D eigenvalue weighted by atomic mass is 35.5. The number of benzene rings is 1. The van der Waals surface area contributed by atoms with Gasteiger partial charge in [-0.1, -0.05) is 23.7 Å². The van der Waals surface area contributed by atoms with Crippen molar-refractivity contribution in [2.75, 3.05) is 13.1 Å². The Hall–Kier alpha value is -2.66. The van der Waals surface area contributed by atoms with E-state index in [0.717, 1.165) is 12.0 Å². The molecule has 0 aliphatic carbocycles. The molecule has 5 nitrogen and oxygen atoms in total. The van der Waals surface area contributed by atoms with Gasteiger partial charge in [0.1, 0.15) is 5.70 Å². The number of pyridine rings is 1. The molecule has 0 saturated carbocycles. The Kier molecular flexibility index (Phi) is 6.15. The van der Waals surface area contributed by atoms with Crippen molar-refractivity contribution in [1.82, 2.24) is 14.8 Å². The summed E-state index contributed by atoms with van der Waals surface area (Å²) >= 11 is 6.01. The zero-order valence-corrected chi connectivity index (χ0v) is 17.1. The Balaban J connectivity index is 2.00. The lowest BCUT2D eigenvalue weighted by Gasteiger charge is -2.25. The van der Waals surface area contributed by atoms with Crippen LogP contribution in [0.1, 0.15) is 31.9 Å². The van der Waals surface area contributed by atoms with Crippen molar-refractivity contribution in [2.24, 2.45) is 0 Å². The lowest BCUT2D eigenvalue weighted by atomic mass is 10.0. The van der Waals surface area contributed by atoms with E-state index in [1.807, 2.05) is 37.8 Å². The van der Waals surface area contributed by atoms with Gasteiger partial charge in [0.05, 0.1) is 5.57 Å². The van der Waals surface area contributed by atoms with Crippen LogP contribution in [-0.4, -0.2) is 45.7 Å². The number of carbonyl (C=O) groups is 2. The van der Waals surface area contributed by atoms with Crippen molar-refractivity contribution in [3.63, 3.8) is 0 Å². The maximum atomic E-state index is 13.2. The van der Waals surface area contributed by atoms with Crippen LogP contribution in [0.2, 0.25) is 5.02 Å². The second-order valence-electron chi connectivity index (χ2n) is 6.99. The number of nitrogens with zero attached hydrogens (tertiary/aromatic N) is 3. The van der Waals surface area contributed by atoms with Crippen LogP contribution in [0.15, 0.2) is 54.5 Å². The minimum atomic E-state index is -0.250. The Morgan fingerprint density at radius 3 is 2.25 bits per heavy atom. The summed E-state index contributed by atoms with van der Waals surface area (Å²) in [4.78, 5) is 33.7. The Morgan fingerprint density at radius 2 is 1.68 bits per heavy atom. The molecule has 2 aromatic rings. The molecule has 2 heterocycles. The number of carbonyl (C=O) groups excluding carboxylic acids is 2. The van der Waals surface area contributed by atoms with E-state index in [1.54, 1.807) is 36.7 Å². The zero-order valence-electron chi connectivity index (χ0n) is 16.4. The third kappa shape index (κ3) is 3.94. The fourth-order valence-electron chi connectivity index (χ4n) is 3.42. The van der Waals surface area contributed by atoms with Crippen molar-refractivity contribution >= 4 is 29.0 Å². The van der Waals surface area contributed by atoms with Gasteiger partial charge in [-0.25, -0.2) is 0 Å². The lowest BCUT2D eigenvalue weighted by Crippen LogP contribution is -2.40. The number of amides is 2.